The zero-order chi connectivity index (χ0) is 23.6. The minimum atomic E-state index is -1.66. The Morgan fingerprint density at radius 2 is 1.58 bits per heavy atom. The molecule has 1 aromatic rings. The summed E-state index contributed by atoms with van der Waals surface area (Å²) in [7, 11) is 0. The van der Waals surface area contributed by atoms with Crippen LogP contribution in [0, 0.1) is 0 Å². The van der Waals surface area contributed by atoms with E-state index in [2.05, 4.69) is 10.7 Å². The molecule has 0 saturated heterocycles. The van der Waals surface area contributed by atoms with Gasteiger partial charge in [-0.3, -0.25) is 25.2 Å². The van der Waals surface area contributed by atoms with Crippen LogP contribution in [-0.4, -0.2) is 64.2 Å². The van der Waals surface area contributed by atoms with Crippen LogP contribution in [-0.2, 0) is 25.6 Å². The van der Waals surface area contributed by atoms with Gasteiger partial charge in [0.05, 0.1) is 18.6 Å². The summed E-state index contributed by atoms with van der Waals surface area (Å²) < 4.78 is 0. The number of carboxylic acids is 1. The lowest BCUT2D eigenvalue weighted by atomic mass is 10.1. The maximum Gasteiger partial charge on any atom is 0.328 e. The number of hydrogen-bond acceptors (Lipinski definition) is 7. The first-order valence-corrected chi connectivity index (χ1v) is 9.16. The predicted octanol–water partition coefficient (Wildman–Crippen LogP) is -2.92. The fourth-order valence-corrected chi connectivity index (χ4v) is 2.40. The van der Waals surface area contributed by atoms with Crippen LogP contribution in [0.1, 0.15) is 18.9 Å². The van der Waals surface area contributed by atoms with Crippen molar-refractivity contribution in [1.82, 2.24) is 21.5 Å². The van der Waals surface area contributed by atoms with Gasteiger partial charge in [-0.1, -0.05) is 30.3 Å². The molecule has 4 atom stereocenters. The summed E-state index contributed by atoms with van der Waals surface area (Å²) >= 11 is 0. The number of rotatable bonds is 10. The molecule has 0 fully saturated rings. The van der Waals surface area contributed by atoms with E-state index in [-0.39, 0.29) is 6.42 Å². The maximum absolute atomic E-state index is 12.3. The van der Waals surface area contributed by atoms with E-state index in [4.69, 9.17) is 16.6 Å². The number of nitrogens with one attached hydrogen (secondary N) is 4. The zero-order valence-corrected chi connectivity index (χ0v) is 16.7. The second kappa shape index (κ2) is 12.1. The number of aliphatic hydroxyl groups excluding tert-OH is 1. The molecule has 0 aliphatic rings. The van der Waals surface area contributed by atoms with Crippen molar-refractivity contribution in [2.24, 2.45) is 11.5 Å². The van der Waals surface area contributed by atoms with Gasteiger partial charge in [-0.25, -0.2) is 9.59 Å². The number of carbonyl (C=O) groups is 5. The van der Waals surface area contributed by atoms with E-state index in [9.17, 15) is 29.1 Å². The second-order valence-electron chi connectivity index (χ2n) is 6.67. The lowest BCUT2D eigenvalue weighted by molar-refractivity contribution is -0.141. The first-order chi connectivity index (χ1) is 14.5. The largest absolute Gasteiger partial charge is 0.480 e. The SMILES string of the molecule is CC(O)[C@H](NC(=O)N[C@@H](CC(N)=O)C(=O)NNC(=O)[C@@H](N)Cc1ccccc1)C(=O)O. The van der Waals surface area contributed by atoms with Crippen molar-refractivity contribution in [3.63, 3.8) is 0 Å². The molecular weight excluding hydrogens is 412 g/mol. The van der Waals surface area contributed by atoms with Gasteiger partial charge in [0, 0.05) is 0 Å². The summed E-state index contributed by atoms with van der Waals surface area (Å²) in [6.45, 7) is 1.14. The highest BCUT2D eigenvalue weighted by Gasteiger charge is 2.28. The summed E-state index contributed by atoms with van der Waals surface area (Å²) in [5.74, 6) is -4.18. The van der Waals surface area contributed by atoms with Gasteiger partial charge in [0.25, 0.3) is 11.8 Å². The quantitative estimate of drug-likeness (QED) is 0.176. The van der Waals surface area contributed by atoms with Crippen molar-refractivity contribution < 1.29 is 34.2 Å². The summed E-state index contributed by atoms with van der Waals surface area (Å²) in [6.07, 6.45) is -1.88. The first-order valence-electron chi connectivity index (χ1n) is 9.16. The number of benzene rings is 1. The molecule has 170 valence electrons. The Hall–Kier alpha value is -3.71. The standard InChI is InChI=1S/C18H26N6O7/c1-9(25)14(17(29)30)22-18(31)21-12(8-13(20)26)16(28)24-23-15(27)11(19)7-10-5-3-2-4-6-10/h2-6,9,11-12,14,25H,7-8,19H2,1H3,(H2,20,26)(H,23,27)(H,24,28)(H,29,30)(H2,21,22,31)/t9?,11-,12-,14-/m0/s1. The summed E-state index contributed by atoms with van der Waals surface area (Å²) in [5.41, 5.74) is 15.8. The average Bonchev–Trinajstić information content (AvgIpc) is 2.69. The van der Waals surface area contributed by atoms with Gasteiger partial charge >= 0.3 is 12.0 Å². The Morgan fingerprint density at radius 1 is 1.00 bits per heavy atom. The highest BCUT2D eigenvalue weighted by atomic mass is 16.4. The van der Waals surface area contributed by atoms with Crippen LogP contribution in [0.2, 0.25) is 0 Å². The third-order valence-corrected chi connectivity index (χ3v) is 4.01. The zero-order valence-electron chi connectivity index (χ0n) is 16.7. The van der Waals surface area contributed by atoms with Crippen molar-refractivity contribution >= 4 is 29.7 Å². The third kappa shape index (κ3) is 9.10. The van der Waals surface area contributed by atoms with Crippen molar-refractivity contribution in [1.29, 1.82) is 0 Å². The number of hydrogen-bond donors (Lipinski definition) is 8. The Balaban J connectivity index is 2.66. The van der Waals surface area contributed by atoms with E-state index < -0.39 is 60.4 Å². The predicted molar refractivity (Wildman–Crippen MR) is 107 cm³/mol. The van der Waals surface area contributed by atoms with Crippen molar-refractivity contribution in [3.8, 4) is 0 Å². The van der Waals surface area contributed by atoms with Crippen LogP contribution in [0.25, 0.3) is 0 Å². The fraction of sp³-hybridized carbons (Fsp3) is 0.389. The van der Waals surface area contributed by atoms with Crippen LogP contribution in [0.15, 0.2) is 30.3 Å². The van der Waals surface area contributed by atoms with Gasteiger partial charge in [0.15, 0.2) is 6.04 Å². The minimum Gasteiger partial charge on any atom is -0.480 e. The maximum atomic E-state index is 12.3. The van der Waals surface area contributed by atoms with Crippen LogP contribution in [0.3, 0.4) is 0 Å². The van der Waals surface area contributed by atoms with Gasteiger partial charge in [-0.15, -0.1) is 0 Å². The molecule has 13 heteroatoms. The minimum absolute atomic E-state index is 0.198. The van der Waals surface area contributed by atoms with Crippen LogP contribution < -0.4 is 33.0 Å². The summed E-state index contributed by atoms with van der Waals surface area (Å²) in [6, 6.07) is 3.57. The Morgan fingerprint density at radius 3 is 2.10 bits per heavy atom. The molecule has 0 radical (unpaired) electrons. The first kappa shape index (κ1) is 25.3. The van der Waals surface area contributed by atoms with Gasteiger partial charge in [-0.05, 0) is 18.9 Å². The molecule has 0 saturated carbocycles. The van der Waals surface area contributed by atoms with E-state index in [0.717, 1.165) is 12.5 Å². The van der Waals surface area contributed by atoms with Crippen LogP contribution in [0.4, 0.5) is 4.79 Å². The fourth-order valence-electron chi connectivity index (χ4n) is 2.40. The average molecular weight is 438 g/mol. The second-order valence-corrected chi connectivity index (χ2v) is 6.67. The number of aliphatic carboxylic acids is 1. The molecule has 0 aromatic heterocycles. The van der Waals surface area contributed by atoms with E-state index in [0.29, 0.717) is 0 Å². The molecule has 0 heterocycles. The topological polar surface area (TPSA) is 226 Å². The molecular formula is C18H26N6O7. The molecule has 0 spiro atoms. The smallest absolute Gasteiger partial charge is 0.328 e. The number of aliphatic hydroxyl groups is 1. The van der Waals surface area contributed by atoms with Gasteiger partial charge in [0.1, 0.15) is 6.04 Å². The summed E-state index contributed by atoms with van der Waals surface area (Å²) in [4.78, 5) is 58.6. The molecule has 1 rings (SSSR count). The lowest BCUT2D eigenvalue weighted by Gasteiger charge is -2.21. The van der Waals surface area contributed by atoms with E-state index in [1.54, 1.807) is 30.3 Å². The molecule has 13 nitrogen and oxygen atoms in total. The molecule has 1 unspecified atom stereocenters. The Bertz CT molecular complexity index is 802. The number of carbonyl (C=O) groups excluding carboxylic acids is 4. The number of primary amides is 1. The molecule has 0 aliphatic heterocycles. The molecule has 10 N–H and O–H groups in total. The molecule has 0 aliphatic carbocycles. The molecule has 0 bridgehead atoms. The van der Waals surface area contributed by atoms with Crippen molar-refractivity contribution in [2.75, 3.05) is 0 Å². The number of carboxylic acid groups (broad SMARTS) is 1. The van der Waals surface area contributed by atoms with E-state index in [1.165, 1.54) is 0 Å². The van der Waals surface area contributed by atoms with Gasteiger partial charge in [0.2, 0.25) is 5.91 Å². The van der Waals surface area contributed by atoms with Crippen LogP contribution >= 0.6 is 0 Å². The number of urea groups is 1. The number of amides is 5. The lowest BCUT2D eigenvalue weighted by Crippen LogP contribution is -2.59. The summed E-state index contributed by atoms with van der Waals surface area (Å²) in [5, 5.41) is 22.4. The highest BCUT2D eigenvalue weighted by molar-refractivity contribution is 5.93. The molecule has 5 amide bonds. The van der Waals surface area contributed by atoms with Crippen molar-refractivity contribution in [2.45, 2.75) is 44.0 Å². The number of hydrazine groups is 1. The molecule has 1 aromatic carbocycles. The van der Waals surface area contributed by atoms with E-state index >= 15 is 0 Å². The third-order valence-electron chi connectivity index (χ3n) is 4.01. The van der Waals surface area contributed by atoms with Crippen molar-refractivity contribution in [3.05, 3.63) is 35.9 Å². The Kier molecular flexibility index (Phi) is 9.88. The van der Waals surface area contributed by atoms with Gasteiger partial charge < -0.3 is 32.3 Å². The van der Waals surface area contributed by atoms with E-state index in [1.807, 2.05) is 10.7 Å². The monoisotopic (exact) mass is 438 g/mol. The van der Waals surface area contributed by atoms with Crippen LogP contribution in [0.5, 0.6) is 0 Å². The number of nitrogens with two attached hydrogens (primary N) is 2. The molecule has 31 heavy (non-hydrogen) atoms. The van der Waals surface area contributed by atoms with Gasteiger partial charge in [-0.2, -0.15) is 0 Å². The highest BCUT2D eigenvalue weighted by Crippen LogP contribution is 2.02. The normalized spacial score (nSPS) is 14.3. The Labute approximate surface area is 177 Å².